The van der Waals surface area contributed by atoms with E-state index in [-0.39, 0.29) is 11.7 Å². The topological polar surface area (TPSA) is 69.0 Å². The molecule has 6 nitrogen and oxygen atoms in total. The van der Waals surface area contributed by atoms with Crippen LogP contribution >= 0.6 is 11.8 Å². The van der Waals surface area contributed by atoms with Crippen molar-refractivity contribution in [2.24, 2.45) is 0 Å². The van der Waals surface area contributed by atoms with Crippen molar-refractivity contribution in [3.8, 4) is 17.1 Å². The monoisotopic (exact) mass is 438 g/mol. The van der Waals surface area contributed by atoms with Gasteiger partial charge in [-0.1, -0.05) is 31.2 Å². The van der Waals surface area contributed by atoms with Gasteiger partial charge < -0.3 is 14.6 Å². The van der Waals surface area contributed by atoms with Crippen LogP contribution < -0.4 is 10.1 Å². The van der Waals surface area contributed by atoms with Crippen molar-refractivity contribution in [1.82, 2.24) is 14.8 Å². The average molecular weight is 439 g/mol. The van der Waals surface area contributed by atoms with Gasteiger partial charge in [-0.25, -0.2) is 0 Å². The van der Waals surface area contributed by atoms with E-state index in [0.717, 1.165) is 65.1 Å². The van der Waals surface area contributed by atoms with Gasteiger partial charge >= 0.3 is 0 Å². The van der Waals surface area contributed by atoms with Crippen molar-refractivity contribution < 1.29 is 9.53 Å². The van der Waals surface area contributed by atoms with E-state index in [1.165, 1.54) is 11.8 Å². The van der Waals surface area contributed by atoms with E-state index in [2.05, 4.69) is 35.4 Å². The van der Waals surface area contributed by atoms with E-state index in [1.807, 2.05) is 54.8 Å². The summed E-state index contributed by atoms with van der Waals surface area (Å²) in [6.07, 6.45) is 2.16. The second-order valence-corrected chi connectivity index (χ2v) is 8.43. The summed E-state index contributed by atoms with van der Waals surface area (Å²) in [7, 11) is 0. The largest absolute Gasteiger partial charge is 0.494 e. The molecule has 1 N–H and O–H groups in total. The highest BCUT2D eigenvalue weighted by Crippen LogP contribution is 2.26. The number of hydrogen-bond donors (Lipinski definition) is 1. The van der Waals surface area contributed by atoms with Crippen molar-refractivity contribution in [2.75, 3.05) is 17.7 Å². The number of ether oxygens (including phenoxy) is 1. The van der Waals surface area contributed by atoms with E-state index in [4.69, 9.17) is 4.74 Å². The van der Waals surface area contributed by atoms with Crippen LogP contribution in [0.1, 0.15) is 37.8 Å². The van der Waals surface area contributed by atoms with Crippen LogP contribution in [0.4, 0.5) is 5.69 Å². The van der Waals surface area contributed by atoms with Gasteiger partial charge in [0.05, 0.1) is 12.4 Å². The molecule has 1 heterocycles. The van der Waals surface area contributed by atoms with Crippen molar-refractivity contribution in [3.63, 3.8) is 0 Å². The summed E-state index contributed by atoms with van der Waals surface area (Å²) < 4.78 is 7.77. The highest BCUT2D eigenvalue weighted by atomic mass is 32.2. The number of benzene rings is 2. The van der Waals surface area contributed by atoms with Gasteiger partial charge in [0.1, 0.15) is 5.75 Å². The molecule has 1 aromatic heterocycles. The Morgan fingerprint density at radius 3 is 2.42 bits per heavy atom. The summed E-state index contributed by atoms with van der Waals surface area (Å²) in [5.74, 6) is 1.86. The Balaban J connectivity index is 1.63. The molecular weight excluding hydrogens is 408 g/mol. The SMILES string of the molecule is CCCCOc1ccc(-c2nnc(SCC(=O)Nc3cc(C)cc(C)c3)n2CC)cc1. The highest BCUT2D eigenvalue weighted by molar-refractivity contribution is 7.99. The second kappa shape index (κ2) is 11.0. The van der Waals surface area contributed by atoms with Gasteiger partial charge in [-0.15, -0.1) is 10.2 Å². The Morgan fingerprint density at radius 1 is 1.06 bits per heavy atom. The standard InChI is InChI=1S/C24H30N4O2S/c1-5-7-12-30-21-10-8-19(9-11-21)23-26-27-24(28(23)6-2)31-16-22(29)25-20-14-17(3)13-18(4)15-20/h8-11,13-15H,5-7,12,16H2,1-4H3,(H,25,29). The normalized spacial score (nSPS) is 10.8. The molecule has 3 rings (SSSR count). The average Bonchev–Trinajstić information content (AvgIpc) is 3.15. The number of amides is 1. The molecule has 164 valence electrons. The fourth-order valence-electron chi connectivity index (χ4n) is 3.30. The number of thioether (sulfide) groups is 1. The summed E-state index contributed by atoms with van der Waals surface area (Å²) in [4.78, 5) is 12.4. The summed E-state index contributed by atoms with van der Waals surface area (Å²) in [6, 6.07) is 13.9. The van der Waals surface area contributed by atoms with Crippen LogP contribution in [0.3, 0.4) is 0 Å². The van der Waals surface area contributed by atoms with Gasteiger partial charge in [-0.05, 0) is 74.7 Å². The molecule has 0 saturated carbocycles. The number of unbranched alkanes of at least 4 members (excludes halogenated alkanes) is 1. The third kappa shape index (κ3) is 6.34. The molecule has 3 aromatic rings. The smallest absolute Gasteiger partial charge is 0.234 e. The van der Waals surface area contributed by atoms with Crippen molar-refractivity contribution in [3.05, 3.63) is 53.6 Å². The van der Waals surface area contributed by atoms with E-state index in [0.29, 0.717) is 0 Å². The zero-order valence-corrected chi connectivity index (χ0v) is 19.5. The Kier molecular flexibility index (Phi) is 8.12. The van der Waals surface area contributed by atoms with Gasteiger partial charge in [0, 0.05) is 17.8 Å². The lowest BCUT2D eigenvalue weighted by molar-refractivity contribution is -0.113. The van der Waals surface area contributed by atoms with Crippen LogP contribution in [0.25, 0.3) is 11.4 Å². The van der Waals surface area contributed by atoms with Crippen LogP contribution in [0.2, 0.25) is 0 Å². The lowest BCUT2D eigenvalue weighted by Gasteiger charge is -2.09. The molecule has 1 amide bonds. The van der Waals surface area contributed by atoms with Crippen molar-refractivity contribution >= 4 is 23.4 Å². The van der Waals surface area contributed by atoms with Gasteiger partial charge in [0.25, 0.3) is 0 Å². The summed E-state index contributed by atoms with van der Waals surface area (Å²) in [5, 5.41) is 12.4. The summed E-state index contributed by atoms with van der Waals surface area (Å²) in [6.45, 7) is 9.69. The van der Waals surface area contributed by atoms with Crippen LogP contribution in [0.5, 0.6) is 5.75 Å². The number of anilines is 1. The zero-order chi connectivity index (χ0) is 22.2. The number of aromatic nitrogens is 3. The predicted molar refractivity (Wildman–Crippen MR) is 127 cm³/mol. The molecule has 0 aliphatic rings. The minimum Gasteiger partial charge on any atom is -0.494 e. The Hall–Kier alpha value is -2.80. The lowest BCUT2D eigenvalue weighted by Crippen LogP contribution is -2.15. The summed E-state index contributed by atoms with van der Waals surface area (Å²) >= 11 is 1.39. The third-order valence-corrected chi connectivity index (χ3v) is 5.72. The first-order chi connectivity index (χ1) is 15.0. The van der Waals surface area contributed by atoms with Crippen LogP contribution in [0.15, 0.2) is 47.6 Å². The van der Waals surface area contributed by atoms with E-state index in [9.17, 15) is 4.79 Å². The number of nitrogens with zero attached hydrogens (tertiary/aromatic N) is 3. The molecule has 0 aliphatic heterocycles. The van der Waals surface area contributed by atoms with Gasteiger partial charge in [0.2, 0.25) is 5.91 Å². The fourth-order valence-corrected chi connectivity index (χ4v) is 4.11. The van der Waals surface area contributed by atoms with E-state index in [1.54, 1.807) is 0 Å². The Bertz CT molecular complexity index is 995. The van der Waals surface area contributed by atoms with Crippen LogP contribution in [-0.4, -0.2) is 33.0 Å². The molecule has 7 heteroatoms. The van der Waals surface area contributed by atoms with Crippen LogP contribution in [-0.2, 0) is 11.3 Å². The van der Waals surface area contributed by atoms with Gasteiger partial charge in [0.15, 0.2) is 11.0 Å². The number of hydrogen-bond acceptors (Lipinski definition) is 5. The molecular formula is C24H30N4O2S. The quantitative estimate of drug-likeness (QED) is 0.335. The summed E-state index contributed by atoms with van der Waals surface area (Å²) in [5.41, 5.74) is 4.05. The molecule has 31 heavy (non-hydrogen) atoms. The first kappa shape index (κ1) is 22.9. The zero-order valence-electron chi connectivity index (χ0n) is 18.6. The maximum absolute atomic E-state index is 12.4. The van der Waals surface area contributed by atoms with Crippen molar-refractivity contribution in [1.29, 1.82) is 0 Å². The van der Waals surface area contributed by atoms with Gasteiger partial charge in [-0.2, -0.15) is 0 Å². The second-order valence-electron chi connectivity index (χ2n) is 7.49. The molecule has 0 radical (unpaired) electrons. The molecule has 0 bridgehead atoms. The number of aryl methyl sites for hydroxylation is 2. The van der Waals surface area contributed by atoms with Gasteiger partial charge in [-0.3, -0.25) is 4.79 Å². The predicted octanol–water partition coefficient (Wildman–Crippen LogP) is 5.49. The molecule has 0 unspecified atom stereocenters. The minimum atomic E-state index is -0.0595. The molecule has 0 spiro atoms. The molecule has 2 aromatic carbocycles. The van der Waals surface area contributed by atoms with Crippen molar-refractivity contribution in [2.45, 2.75) is 52.2 Å². The molecule has 0 saturated heterocycles. The first-order valence-corrected chi connectivity index (χ1v) is 11.7. The fraction of sp³-hybridized carbons (Fsp3) is 0.375. The third-order valence-electron chi connectivity index (χ3n) is 4.75. The van der Waals surface area contributed by atoms with E-state index < -0.39 is 0 Å². The maximum Gasteiger partial charge on any atom is 0.234 e. The molecule has 0 fully saturated rings. The number of rotatable bonds is 10. The first-order valence-electron chi connectivity index (χ1n) is 10.7. The van der Waals surface area contributed by atoms with Crippen LogP contribution in [0, 0.1) is 13.8 Å². The highest BCUT2D eigenvalue weighted by Gasteiger charge is 2.15. The minimum absolute atomic E-state index is 0.0595. The number of nitrogens with one attached hydrogen (secondary N) is 1. The molecule has 0 atom stereocenters. The lowest BCUT2D eigenvalue weighted by atomic mass is 10.1. The van der Waals surface area contributed by atoms with E-state index >= 15 is 0 Å². The maximum atomic E-state index is 12.4. The Morgan fingerprint density at radius 2 is 1.77 bits per heavy atom. The molecule has 0 aliphatic carbocycles. The number of carbonyl (C=O) groups is 1. The Labute approximate surface area is 188 Å². The number of carbonyl (C=O) groups excluding carboxylic acids is 1.